The van der Waals surface area contributed by atoms with Gasteiger partial charge in [-0.25, -0.2) is 4.98 Å². The van der Waals surface area contributed by atoms with Gasteiger partial charge in [-0.1, -0.05) is 170 Å². The quantitative estimate of drug-likeness (QED) is 0.179. The highest BCUT2D eigenvalue weighted by molar-refractivity contribution is 7.26. The molecule has 3 aromatic heterocycles. The Balaban J connectivity index is 1.15. The Hall–Kier alpha value is -7.73. The van der Waals surface area contributed by atoms with Crippen LogP contribution in [0.5, 0.6) is 0 Å². The van der Waals surface area contributed by atoms with E-state index >= 15 is 0 Å². The fraction of sp³-hybridized carbons (Fsp3) is 0. The summed E-state index contributed by atoms with van der Waals surface area (Å²) in [6.45, 7) is 0. The second kappa shape index (κ2) is 12.9. The highest BCUT2D eigenvalue weighted by atomic mass is 32.1. The summed E-state index contributed by atoms with van der Waals surface area (Å²) in [7, 11) is 0. The molecule has 3 heterocycles. The summed E-state index contributed by atoms with van der Waals surface area (Å²) in [4.78, 5) is 16.1. The minimum absolute atomic E-state index is 0.577. The van der Waals surface area contributed by atoms with Crippen LogP contribution in [0.1, 0.15) is 0 Å². The molecular formula is C55H32N4S. The van der Waals surface area contributed by atoms with E-state index in [0.29, 0.717) is 17.6 Å². The van der Waals surface area contributed by atoms with Gasteiger partial charge in [0.2, 0.25) is 5.95 Å². The highest BCUT2D eigenvalue weighted by Crippen LogP contribution is 2.46. The van der Waals surface area contributed by atoms with Gasteiger partial charge >= 0.3 is 0 Å². The van der Waals surface area contributed by atoms with Crippen LogP contribution in [-0.4, -0.2) is 19.5 Å². The van der Waals surface area contributed by atoms with E-state index in [9.17, 15) is 0 Å². The minimum atomic E-state index is 0.577. The maximum Gasteiger partial charge on any atom is 0.238 e. The van der Waals surface area contributed by atoms with Crippen molar-refractivity contribution < 1.29 is 0 Å². The molecule has 0 spiro atoms. The Labute approximate surface area is 348 Å². The number of para-hydroxylation sites is 1. The van der Waals surface area contributed by atoms with E-state index in [1.807, 2.05) is 11.3 Å². The smallest absolute Gasteiger partial charge is 0.238 e. The number of benzene rings is 10. The Kier molecular flexibility index (Phi) is 7.14. The van der Waals surface area contributed by atoms with Gasteiger partial charge < -0.3 is 0 Å². The van der Waals surface area contributed by atoms with Crippen molar-refractivity contribution in [2.24, 2.45) is 0 Å². The number of aromatic nitrogens is 4. The molecule has 0 amide bonds. The van der Waals surface area contributed by atoms with E-state index in [4.69, 9.17) is 15.0 Å². The van der Waals surface area contributed by atoms with Crippen molar-refractivity contribution in [1.29, 1.82) is 0 Å². The van der Waals surface area contributed by atoms with Gasteiger partial charge in [-0.3, -0.25) is 4.57 Å². The van der Waals surface area contributed by atoms with Gasteiger partial charge in [0.25, 0.3) is 0 Å². The first-order valence-corrected chi connectivity index (χ1v) is 21.1. The SMILES string of the molecule is c1ccc2cc(-c3nc(-c4ccc5ccccc5c4)nc(-n4c5ccc6ccccc6c5c5cccc(-c6cccc7c6sc6ccc8ccccc8c67)c54)n3)ccc2c1. The summed E-state index contributed by atoms with van der Waals surface area (Å²) in [5.74, 6) is 1.83. The zero-order chi connectivity index (χ0) is 39.3. The first kappa shape index (κ1) is 33.3. The fourth-order valence-corrected chi connectivity index (χ4v) is 10.7. The molecule has 0 atom stereocenters. The molecule has 60 heavy (non-hydrogen) atoms. The molecule has 0 saturated carbocycles. The molecule has 0 radical (unpaired) electrons. The molecule has 0 unspecified atom stereocenters. The molecule has 13 rings (SSSR count). The van der Waals surface area contributed by atoms with Crippen LogP contribution in [-0.2, 0) is 0 Å². The van der Waals surface area contributed by atoms with Gasteiger partial charge in [-0.05, 0) is 67.4 Å². The van der Waals surface area contributed by atoms with Crippen LogP contribution in [0, 0.1) is 0 Å². The molecule has 278 valence electrons. The molecule has 5 heteroatoms. The first-order valence-electron chi connectivity index (χ1n) is 20.3. The lowest BCUT2D eigenvalue weighted by Gasteiger charge is -2.14. The molecule has 0 bridgehead atoms. The molecule has 4 nitrogen and oxygen atoms in total. The summed E-state index contributed by atoms with van der Waals surface area (Å²) < 4.78 is 4.85. The van der Waals surface area contributed by atoms with Crippen LogP contribution in [0.15, 0.2) is 194 Å². The molecule has 0 N–H and O–H groups in total. The van der Waals surface area contributed by atoms with Crippen molar-refractivity contribution in [3.8, 4) is 39.9 Å². The van der Waals surface area contributed by atoms with Crippen molar-refractivity contribution in [3.63, 3.8) is 0 Å². The van der Waals surface area contributed by atoms with E-state index in [2.05, 4.69) is 199 Å². The molecular weight excluding hydrogens is 749 g/mol. The average molecular weight is 781 g/mol. The van der Waals surface area contributed by atoms with Crippen molar-refractivity contribution in [2.75, 3.05) is 0 Å². The zero-order valence-corrected chi connectivity index (χ0v) is 33.0. The normalized spacial score (nSPS) is 12.0. The third kappa shape index (κ3) is 5.00. The maximum absolute atomic E-state index is 5.43. The summed E-state index contributed by atoms with van der Waals surface area (Å²) in [6, 6.07) is 69.7. The molecule has 0 aliphatic rings. The van der Waals surface area contributed by atoms with Crippen molar-refractivity contribution in [2.45, 2.75) is 0 Å². The molecule has 13 aromatic rings. The van der Waals surface area contributed by atoms with Gasteiger partial charge in [0.05, 0.1) is 11.0 Å². The number of hydrogen-bond acceptors (Lipinski definition) is 4. The molecule has 0 aliphatic carbocycles. The lowest BCUT2D eigenvalue weighted by molar-refractivity contribution is 0.954. The Morgan fingerprint density at radius 1 is 0.367 bits per heavy atom. The standard InChI is InChI=1S/C55H32N4S/c1-3-15-37-31-39(25-23-33(37)11-1)53-56-54(40-26-24-34-12-2-4-16-38(34)32-40)58-55(57-53)59-47-29-27-35-13-5-7-17-41(35)49(47)45-21-9-19-43(51(45)59)44-20-10-22-46-50-42-18-8-6-14-36(42)28-30-48(50)60-52(44)46/h1-32H. The van der Waals surface area contributed by atoms with Gasteiger partial charge in [-0.15, -0.1) is 11.3 Å². The highest BCUT2D eigenvalue weighted by Gasteiger charge is 2.23. The van der Waals surface area contributed by atoms with E-state index in [1.165, 1.54) is 63.4 Å². The number of nitrogens with zero attached hydrogens (tertiary/aromatic N) is 4. The van der Waals surface area contributed by atoms with Gasteiger partial charge in [0, 0.05) is 53.2 Å². The third-order valence-electron chi connectivity index (χ3n) is 12.2. The first-order chi connectivity index (χ1) is 29.7. The Bertz CT molecular complexity index is 3820. The summed E-state index contributed by atoms with van der Waals surface area (Å²) >= 11 is 1.87. The van der Waals surface area contributed by atoms with Crippen molar-refractivity contribution >= 4 is 96.4 Å². The summed E-state index contributed by atoms with van der Waals surface area (Å²) in [5, 5.41) is 14.5. The Morgan fingerprint density at radius 2 is 0.883 bits per heavy atom. The number of fused-ring (bicyclic) bond motifs is 12. The number of hydrogen-bond donors (Lipinski definition) is 0. The molecule has 0 saturated heterocycles. The van der Waals surface area contributed by atoms with Crippen molar-refractivity contribution in [3.05, 3.63) is 194 Å². The topological polar surface area (TPSA) is 43.6 Å². The molecule has 0 aliphatic heterocycles. The lowest BCUT2D eigenvalue weighted by atomic mass is 9.97. The van der Waals surface area contributed by atoms with Gasteiger partial charge in [0.1, 0.15) is 0 Å². The van der Waals surface area contributed by atoms with Gasteiger partial charge in [0.15, 0.2) is 11.6 Å². The largest absolute Gasteiger partial charge is 0.277 e. The summed E-state index contributed by atoms with van der Waals surface area (Å²) in [5.41, 5.74) is 6.32. The monoisotopic (exact) mass is 780 g/mol. The zero-order valence-electron chi connectivity index (χ0n) is 32.2. The van der Waals surface area contributed by atoms with Crippen LogP contribution < -0.4 is 0 Å². The molecule has 0 fully saturated rings. The third-order valence-corrected chi connectivity index (χ3v) is 13.4. The number of thiophene rings is 1. The second-order valence-electron chi connectivity index (χ2n) is 15.6. The number of rotatable bonds is 4. The van der Waals surface area contributed by atoms with Crippen LogP contribution in [0.3, 0.4) is 0 Å². The van der Waals surface area contributed by atoms with Crippen molar-refractivity contribution in [1.82, 2.24) is 19.5 Å². The lowest BCUT2D eigenvalue weighted by Crippen LogP contribution is -2.07. The van der Waals surface area contributed by atoms with Crippen LogP contribution in [0.25, 0.3) is 125 Å². The second-order valence-corrected chi connectivity index (χ2v) is 16.6. The van der Waals surface area contributed by atoms with E-state index in [1.54, 1.807) is 0 Å². The van der Waals surface area contributed by atoms with Crippen LogP contribution in [0.4, 0.5) is 0 Å². The summed E-state index contributed by atoms with van der Waals surface area (Å²) in [6.07, 6.45) is 0. The Morgan fingerprint density at radius 3 is 1.55 bits per heavy atom. The predicted octanol–water partition coefficient (Wildman–Crippen LogP) is 15.0. The minimum Gasteiger partial charge on any atom is -0.277 e. The molecule has 10 aromatic carbocycles. The van der Waals surface area contributed by atoms with E-state index < -0.39 is 0 Å². The average Bonchev–Trinajstić information content (AvgIpc) is 3.88. The van der Waals surface area contributed by atoms with E-state index in [-0.39, 0.29) is 0 Å². The van der Waals surface area contributed by atoms with Gasteiger partial charge in [-0.2, -0.15) is 9.97 Å². The maximum atomic E-state index is 5.43. The van der Waals surface area contributed by atoms with Crippen LogP contribution in [0.2, 0.25) is 0 Å². The van der Waals surface area contributed by atoms with E-state index in [0.717, 1.165) is 43.9 Å². The predicted molar refractivity (Wildman–Crippen MR) is 253 cm³/mol. The fourth-order valence-electron chi connectivity index (χ4n) is 9.42. The van der Waals surface area contributed by atoms with Crippen LogP contribution >= 0.6 is 11.3 Å².